The molecule has 0 aliphatic carbocycles. The molecular weight excluding hydrogens is 238 g/mol. The van der Waals surface area contributed by atoms with Gasteiger partial charge >= 0.3 is 0 Å². The van der Waals surface area contributed by atoms with E-state index in [1.807, 2.05) is 0 Å². The Hall–Kier alpha value is -0.580. The molecule has 0 N–H and O–H groups in total. The van der Waals surface area contributed by atoms with Crippen LogP contribution in [-0.2, 0) is 0 Å². The van der Waals surface area contributed by atoms with Crippen molar-refractivity contribution in [3.63, 3.8) is 0 Å². The van der Waals surface area contributed by atoms with Crippen LogP contribution in [0.25, 0.3) is 0 Å². The van der Waals surface area contributed by atoms with Crippen molar-refractivity contribution >= 4 is 51.5 Å². The van der Waals surface area contributed by atoms with Gasteiger partial charge in [0.25, 0.3) is 5.24 Å². The number of thioether (sulfide) groups is 1. The Kier molecular flexibility index (Phi) is 2.76. The molecule has 1 fully saturated rings. The Labute approximate surface area is 96.2 Å². The molecule has 0 spiro atoms. The Morgan fingerprint density at radius 1 is 1.36 bits per heavy atom. The molecule has 1 aliphatic rings. The maximum absolute atomic E-state index is 11.4. The maximum atomic E-state index is 11.4. The average molecular weight is 244 g/mol. The second kappa shape index (κ2) is 3.88. The first kappa shape index (κ1) is 9.96. The summed E-state index contributed by atoms with van der Waals surface area (Å²) in [7, 11) is 0. The van der Waals surface area contributed by atoms with Crippen molar-refractivity contribution in [3.8, 4) is 0 Å². The summed E-state index contributed by atoms with van der Waals surface area (Å²) in [5.41, 5.74) is 0.786. The third-order valence-corrected chi connectivity index (χ3v) is 3.44. The molecule has 5 heteroatoms. The second-order valence-corrected chi connectivity index (χ2v) is 4.59. The zero-order valence-electron chi connectivity index (χ0n) is 7.07. The van der Waals surface area contributed by atoms with Gasteiger partial charge in [-0.15, -0.1) is 0 Å². The highest BCUT2D eigenvalue weighted by Gasteiger charge is 2.27. The van der Waals surface area contributed by atoms with Gasteiger partial charge < -0.3 is 0 Å². The minimum absolute atomic E-state index is 0.0164. The van der Waals surface area contributed by atoms with Crippen molar-refractivity contribution in [2.75, 3.05) is 10.7 Å². The van der Waals surface area contributed by atoms with E-state index < -0.39 is 0 Å². The lowest BCUT2D eigenvalue weighted by Crippen LogP contribution is -2.26. The van der Waals surface area contributed by atoms with Crippen molar-refractivity contribution in [2.24, 2.45) is 0 Å². The number of nitrogens with zero attached hydrogens (tertiary/aromatic N) is 1. The van der Waals surface area contributed by atoms with Crippen molar-refractivity contribution in [1.29, 1.82) is 0 Å². The molecule has 14 heavy (non-hydrogen) atoms. The zero-order valence-corrected chi connectivity index (χ0v) is 9.46. The molecule has 2 nitrogen and oxygen atoms in total. The fourth-order valence-corrected chi connectivity index (χ4v) is 2.46. The van der Waals surface area contributed by atoms with E-state index >= 15 is 0 Å². The van der Waals surface area contributed by atoms with Crippen LogP contribution in [0, 0.1) is 0 Å². The number of hydrogen-bond donors (Lipinski definition) is 0. The molecule has 72 valence electrons. The van der Waals surface area contributed by atoms with Gasteiger partial charge in [-0.25, -0.2) is 0 Å². The number of carbonyl (C=O) groups is 1. The summed E-state index contributed by atoms with van der Waals surface area (Å²) < 4.78 is 0. The van der Waals surface area contributed by atoms with Gasteiger partial charge in [-0.3, -0.25) is 9.69 Å². The van der Waals surface area contributed by atoms with Crippen LogP contribution in [0.5, 0.6) is 0 Å². The number of carbonyl (C=O) groups excluding carboxylic acids is 1. The normalized spacial score (nSPS) is 16.5. The molecule has 0 radical (unpaired) electrons. The molecule has 1 aromatic carbocycles. The number of rotatable bonds is 1. The zero-order chi connectivity index (χ0) is 10.1. The van der Waals surface area contributed by atoms with Crippen LogP contribution in [0.1, 0.15) is 0 Å². The molecule has 1 saturated heterocycles. The van der Waals surface area contributed by atoms with Gasteiger partial charge in [0.1, 0.15) is 4.99 Å². The monoisotopic (exact) mass is 243 g/mol. The smallest absolute Gasteiger partial charge is 0.265 e. The number of benzene rings is 1. The first-order valence-corrected chi connectivity index (χ1v) is 5.71. The SMILES string of the molecule is O=C1SCC(=S)N1c1ccc(Cl)cc1. The van der Waals surface area contributed by atoms with Gasteiger partial charge in [-0.2, -0.15) is 0 Å². The fraction of sp³-hybridized carbons (Fsp3) is 0.111. The first-order valence-electron chi connectivity index (χ1n) is 3.94. The van der Waals surface area contributed by atoms with Gasteiger partial charge in [0.05, 0.1) is 11.4 Å². The quantitative estimate of drug-likeness (QED) is 0.706. The lowest BCUT2D eigenvalue weighted by molar-refractivity contribution is 0.268. The van der Waals surface area contributed by atoms with Gasteiger partial charge in [0.15, 0.2) is 0 Å². The minimum atomic E-state index is -0.0164. The summed E-state index contributed by atoms with van der Waals surface area (Å²) in [6.07, 6.45) is 0. The summed E-state index contributed by atoms with van der Waals surface area (Å²) in [5, 5.41) is 0.635. The van der Waals surface area contributed by atoms with E-state index in [1.165, 1.54) is 16.7 Å². The summed E-state index contributed by atoms with van der Waals surface area (Å²) >= 11 is 12.1. The summed E-state index contributed by atoms with van der Waals surface area (Å²) in [5.74, 6) is 0.594. The van der Waals surface area contributed by atoms with Crippen LogP contribution in [-0.4, -0.2) is 16.0 Å². The molecular formula is C9H6ClNOS2. The lowest BCUT2D eigenvalue weighted by Gasteiger charge is -2.14. The highest BCUT2D eigenvalue weighted by atomic mass is 35.5. The molecule has 1 heterocycles. The number of halogens is 1. The van der Waals surface area contributed by atoms with Gasteiger partial charge in [0, 0.05) is 5.02 Å². The maximum Gasteiger partial charge on any atom is 0.291 e. The highest BCUT2D eigenvalue weighted by molar-refractivity contribution is 8.16. The Balaban J connectivity index is 2.34. The molecule has 0 saturated carbocycles. The molecule has 0 aromatic heterocycles. The van der Waals surface area contributed by atoms with Gasteiger partial charge in [0.2, 0.25) is 0 Å². The van der Waals surface area contributed by atoms with Crippen molar-refractivity contribution < 1.29 is 4.79 Å². The van der Waals surface area contributed by atoms with Crippen LogP contribution in [0.2, 0.25) is 5.02 Å². The fourth-order valence-electron chi connectivity index (χ4n) is 1.19. The predicted octanol–water partition coefficient (Wildman–Crippen LogP) is 3.34. The third-order valence-electron chi connectivity index (χ3n) is 1.84. The number of amides is 1. The standard InChI is InChI=1S/C9H6ClNOS2/c10-6-1-3-7(4-2-6)11-8(13)5-14-9(11)12/h1-4H,5H2. The molecule has 1 aliphatic heterocycles. The van der Waals surface area contributed by atoms with Crippen LogP contribution < -0.4 is 4.90 Å². The Bertz CT molecular complexity index is 374. The lowest BCUT2D eigenvalue weighted by atomic mass is 10.3. The number of anilines is 1. The molecule has 1 amide bonds. The van der Waals surface area contributed by atoms with Crippen molar-refractivity contribution in [3.05, 3.63) is 29.3 Å². The van der Waals surface area contributed by atoms with E-state index in [0.717, 1.165) is 5.69 Å². The first-order chi connectivity index (χ1) is 6.68. The molecule has 2 rings (SSSR count). The number of hydrogen-bond acceptors (Lipinski definition) is 3. The molecule has 0 unspecified atom stereocenters. The summed E-state index contributed by atoms with van der Waals surface area (Å²) in [6, 6.07) is 7.07. The molecule has 0 atom stereocenters. The largest absolute Gasteiger partial charge is 0.291 e. The molecule has 0 bridgehead atoms. The van der Waals surface area contributed by atoms with Crippen molar-refractivity contribution in [2.45, 2.75) is 0 Å². The van der Waals surface area contributed by atoms with E-state index in [2.05, 4.69) is 0 Å². The Morgan fingerprint density at radius 2 is 2.00 bits per heavy atom. The summed E-state index contributed by atoms with van der Waals surface area (Å²) in [4.78, 5) is 13.6. The predicted molar refractivity (Wildman–Crippen MR) is 64.4 cm³/mol. The number of thiocarbonyl (C=S) groups is 1. The van der Waals surface area contributed by atoms with Crippen LogP contribution in [0.4, 0.5) is 10.5 Å². The second-order valence-electron chi connectivity index (χ2n) is 2.76. The van der Waals surface area contributed by atoms with Crippen molar-refractivity contribution in [1.82, 2.24) is 0 Å². The third kappa shape index (κ3) is 1.78. The molecule has 1 aromatic rings. The van der Waals surface area contributed by atoms with Crippen LogP contribution >= 0.6 is 35.6 Å². The highest BCUT2D eigenvalue weighted by Crippen LogP contribution is 2.27. The van der Waals surface area contributed by atoms with E-state index in [1.54, 1.807) is 24.3 Å². The van der Waals surface area contributed by atoms with E-state index in [0.29, 0.717) is 15.8 Å². The average Bonchev–Trinajstić information content (AvgIpc) is 2.49. The van der Waals surface area contributed by atoms with E-state index in [-0.39, 0.29) is 5.24 Å². The Morgan fingerprint density at radius 3 is 2.50 bits per heavy atom. The van der Waals surface area contributed by atoms with Gasteiger partial charge in [-0.1, -0.05) is 35.6 Å². The van der Waals surface area contributed by atoms with E-state index in [4.69, 9.17) is 23.8 Å². The van der Waals surface area contributed by atoms with Gasteiger partial charge in [-0.05, 0) is 24.3 Å². The van der Waals surface area contributed by atoms with Crippen LogP contribution in [0.3, 0.4) is 0 Å². The van der Waals surface area contributed by atoms with E-state index in [9.17, 15) is 4.79 Å². The topological polar surface area (TPSA) is 20.3 Å². The summed E-state index contributed by atoms with van der Waals surface area (Å²) in [6.45, 7) is 0. The van der Waals surface area contributed by atoms with Crippen LogP contribution in [0.15, 0.2) is 24.3 Å². The minimum Gasteiger partial charge on any atom is -0.265 e.